The summed E-state index contributed by atoms with van der Waals surface area (Å²) < 4.78 is 37.8. The van der Waals surface area contributed by atoms with Crippen molar-refractivity contribution >= 4 is 5.91 Å². The number of nitrogens with zero attached hydrogens (tertiary/aromatic N) is 2. The van der Waals surface area contributed by atoms with Gasteiger partial charge in [0, 0.05) is 31.7 Å². The molecule has 1 atom stereocenters. The molecule has 1 fully saturated rings. The molecule has 1 aromatic carbocycles. The van der Waals surface area contributed by atoms with Crippen molar-refractivity contribution in [1.29, 1.82) is 0 Å². The Balaban J connectivity index is 1.53. The van der Waals surface area contributed by atoms with Gasteiger partial charge in [-0.15, -0.1) is 0 Å². The molecular weight excluding hydrogens is 349 g/mol. The predicted octanol–water partition coefficient (Wildman–Crippen LogP) is 1.79. The van der Waals surface area contributed by atoms with Crippen molar-refractivity contribution in [1.82, 2.24) is 20.4 Å². The highest BCUT2D eigenvalue weighted by molar-refractivity contribution is 5.92. The van der Waals surface area contributed by atoms with Crippen LogP contribution in [0.2, 0.25) is 0 Å². The van der Waals surface area contributed by atoms with Gasteiger partial charge in [-0.05, 0) is 30.2 Å². The van der Waals surface area contributed by atoms with E-state index in [-0.39, 0.29) is 23.2 Å². The Morgan fingerprint density at radius 1 is 1.23 bits per heavy atom. The van der Waals surface area contributed by atoms with E-state index in [1.807, 2.05) is 0 Å². The lowest BCUT2D eigenvalue weighted by molar-refractivity contribution is -0.137. The fraction of sp³-hybridized carbons (Fsp3) is 0.353. The number of aromatic amines is 1. The van der Waals surface area contributed by atoms with Crippen molar-refractivity contribution in [2.24, 2.45) is 0 Å². The Kier molecular flexibility index (Phi) is 5.08. The number of halogens is 3. The van der Waals surface area contributed by atoms with Crippen molar-refractivity contribution in [2.75, 3.05) is 13.1 Å². The van der Waals surface area contributed by atoms with E-state index in [2.05, 4.69) is 20.4 Å². The van der Waals surface area contributed by atoms with Gasteiger partial charge >= 0.3 is 6.18 Å². The molecule has 0 radical (unpaired) electrons. The fourth-order valence-electron chi connectivity index (χ4n) is 2.88. The lowest BCUT2D eigenvalue weighted by atomic mass is 10.1. The Morgan fingerprint density at radius 3 is 2.58 bits per heavy atom. The SMILES string of the molecule is O=C(NC1CCN(Cc2ccc(C(F)(F)F)cc2)C1)c1ccc(=O)[nH]n1. The van der Waals surface area contributed by atoms with Crippen molar-refractivity contribution in [3.8, 4) is 0 Å². The lowest BCUT2D eigenvalue weighted by Crippen LogP contribution is -2.37. The number of carbonyl (C=O) groups excluding carboxylic acids is 1. The monoisotopic (exact) mass is 366 g/mol. The zero-order valence-electron chi connectivity index (χ0n) is 13.7. The van der Waals surface area contributed by atoms with E-state index in [0.717, 1.165) is 30.7 Å². The molecule has 1 unspecified atom stereocenters. The van der Waals surface area contributed by atoms with Crippen LogP contribution >= 0.6 is 0 Å². The molecule has 1 aliphatic heterocycles. The summed E-state index contributed by atoms with van der Waals surface area (Å²) in [6, 6.07) is 7.60. The van der Waals surface area contributed by atoms with E-state index < -0.39 is 11.7 Å². The van der Waals surface area contributed by atoms with Crippen LogP contribution in [0, 0.1) is 0 Å². The molecule has 1 saturated heterocycles. The highest BCUT2D eigenvalue weighted by Crippen LogP contribution is 2.29. The zero-order valence-corrected chi connectivity index (χ0v) is 13.7. The second kappa shape index (κ2) is 7.28. The van der Waals surface area contributed by atoms with Gasteiger partial charge in [-0.1, -0.05) is 12.1 Å². The Hall–Kier alpha value is -2.68. The summed E-state index contributed by atoms with van der Waals surface area (Å²) in [5.74, 6) is -0.373. The standard InChI is InChI=1S/C17H17F3N4O2/c18-17(19,20)12-3-1-11(2-4-12)9-24-8-7-13(10-24)21-16(26)14-5-6-15(25)23-22-14/h1-6,13H,7-10H2,(H,21,26)(H,23,25). The molecule has 0 spiro atoms. The largest absolute Gasteiger partial charge is 0.416 e. The maximum absolute atomic E-state index is 12.6. The number of likely N-dealkylation sites (tertiary alicyclic amines) is 1. The predicted molar refractivity (Wildman–Crippen MR) is 87.4 cm³/mol. The Morgan fingerprint density at radius 2 is 1.96 bits per heavy atom. The molecular formula is C17H17F3N4O2. The van der Waals surface area contributed by atoms with Crippen LogP contribution in [0.4, 0.5) is 13.2 Å². The van der Waals surface area contributed by atoms with E-state index in [0.29, 0.717) is 13.1 Å². The van der Waals surface area contributed by atoms with Gasteiger partial charge in [0.1, 0.15) is 5.69 Å². The summed E-state index contributed by atoms with van der Waals surface area (Å²) in [7, 11) is 0. The molecule has 3 rings (SSSR count). The van der Waals surface area contributed by atoms with E-state index >= 15 is 0 Å². The lowest BCUT2D eigenvalue weighted by Gasteiger charge is -2.17. The number of amides is 1. The summed E-state index contributed by atoms with van der Waals surface area (Å²) in [6.45, 7) is 1.84. The number of carbonyl (C=O) groups is 1. The van der Waals surface area contributed by atoms with Crippen LogP contribution in [-0.4, -0.2) is 40.1 Å². The third-order valence-corrected chi connectivity index (χ3v) is 4.21. The van der Waals surface area contributed by atoms with Gasteiger partial charge < -0.3 is 5.32 Å². The van der Waals surface area contributed by atoms with Gasteiger partial charge in [-0.2, -0.15) is 18.3 Å². The van der Waals surface area contributed by atoms with Gasteiger partial charge in [0.05, 0.1) is 5.56 Å². The average Bonchev–Trinajstić information content (AvgIpc) is 3.02. The number of aromatic nitrogens is 2. The Labute approximate surface area is 147 Å². The first-order chi connectivity index (χ1) is 12.3. The third-order valence-electron chi connectivity index (χ3n) is 4.21. The van der Waals surface area contributed by atoms with Crippen LogP contribution in [0.15, 0.2) is 41.2 Å². The summed E-state index contributed by atoms with van der Waals surface area (Å²) >= 11 is 0. The summed E-state index contributed by atoms with van der Waals surface area (Å²) in [4.78, 5) is 25.1. The van der Waals surface area contributed by atoms with Crippen molar-refractivity contribution in [2.45, 2.75) is 25.2 Å². The molecule has 1 aromatic heterocycles. The van der Waals surface area contributed by atoms with E-state index in [4.69, 9.17) is 0 Å². The van der Waals surface area contributed by atoms with Crippen molar-refractivity contribution < 1.29 is 18.0 Å². The number of hydrogen-bond acceptors (Lipinski definition) is 4. The first-order valence-electron chi connectivity index (χ1n) is 8.06. The highest BCUT2D eigenvalue weighted by atomic mass is 19.4. The summed E-state index contributed by atoms with van der Waals surface area (Å²) in [5.41, 5.74) is -0.135. The second-order valence-corrected chi connectivity index (χ2v) is 6.20. The van der Waals surface area contributed by atoms with E-state index in [1.54, 1.807) is 0 Å². The first kappa shape index (κ1) is 18.1. The van der Waals surface area contributed by atoms with Crippen molar-refractivity contribution in [3.05, 3.63) is 63.6 Å². The van der Waals surface area contributed by atoms with Crippen molar-refractivity contribution in [3.63, 3.8) is 0 Å². The van der Waals surface area contributed by atoms with E-state index in [1.165, 1.54) is 24.3 Å². The number of rotatable bonds is 4. The number of H-pyrrole nitrogens is 1. The quantitative estimate of drug-likeness (QED) is 0.865. The molecule has 1 amide bonds. The number of hydrogen-bond donors (Lipinski definition) is 2. The third kappa shape index (κ3) is 4.48. The maximum Gasteiger partial charge on any atom is 0.416 e. The van der Waals surface area contributed by atoms with Crippen LogP contribution in [0.5, 0.6) is 0 Å². The topological polar surface area (TPSA) is 78.1 Å². The molecule has 2 heterocycles. The van der Waals surface area contributed by atoms with Crippen LogP contribution in [0.1, 0.15) is 28.0 Å². The molecule has 0 saturated carbocycles. The molecule has 9 heteroatoms. The molecule has 0 aliphatic carbocycles. The summed E-state index contributed by atoms with van der Waals surface area (Å²) in [6.07, 6.45) is -3.60. The average molecular weight is 366 g/mol. The minimum atomic E-state index is -4.34. The van der Waals surface area contributed by atoms with Gasteiger partial charge in [0.25, 0.3) is 11.5 Å². The number of nitrogens with one attached hydrogen (secondary N) is 2. The normalized spacial score (nSPS) is 18.0. The molecule has 138 valence electrons. The molecule has 26 heavy (non-hydrogen) atoms. The van der Waals surface area contributed by atoms with Gasteiger partial charge in [0.2, 0.25) is 0 Å². The maximum atomic E-state index is 12.6. The highest BCUT2D eigenvalue weighted by Gasteiger charge is 2.30. The minimum Gasteiger partial charge on any atom is -0.347 e. The Bertz CT molecular complexity index is 813. The van der Waals surface area contributed by atoms with Gasteiger partial charge in [-0.25, -0.2) is 5.10 Å². The van der Waals surface area contributed by atoms with E-state index in [9.17, 15) is 22.8 Å². The van der Waals surface area contributed by atoms with Gasteiger partial charge in [0.15, 0.2) is 0 Å². The fourth-order valence-corrected chi connectivity index (χ4v) is 2.88. The van der Waals surface area contributed by atoms with Crippen LogP contribution in [0.25, 0.3) is 0 Å². The second-order valence-electron chi connectivity index (χ2n) is 6.20. The number of benzene rings is 1. The zero-order chi connectivity index (χ0) is 18.7. The molecule has 2 aromatic rings. The van der Waals surface area contributed by atoms with Crippen LogP contribution in [0.3, 0.4) is 0 Å². The molecule has 6 nitrogen and oxygen atoms in total. The molecule has 0 bridgehead atoms. The summed E-state index contributed by atoms with van der Waals surface area (Å²) in [5, 5.41) is 8.73. The number of alkyl halides is 3. The minimum absolute atomic E-state index is 0.0781. The van der Waals surface area contributed by atoms with Gasteiger partial charge in [-0.3, -0.25) is 14.5 Å². The first-order valence-corrected chi connectivity index (χ1v) is 8.06. The molecule has 2 N–H and O–H groups in total. The molecule has 1 aliphatic rings. The van der Waals surface area contributed by atoms with Crippen LogP contribution < -0.4 is 10.9 Å². The van der Waals surface area contributed by atoms with Crippen LogP contribution in [-0.2, 0) is 12.7 Å². The smallest absolute Gasteiger partial charge is 0.347 e.